The molecule has 0 bridgehead atoms. The first-order valence-electron chi connectivity index (χ1n) is 5.45. The largest absolute Gasteiger partial charge is 0.481 e. The molecule has 2 rings (SSSR count). The predicted octanol–water partition coefficient (Wildman–Crippen LogP) is 2.38. The molecule has 0 saturated carbocycles. The lowest BCUT2D eigenvalue weighted by Gasteiger charge is -2.01. The fraction of sp³-hybridized carbons (Fsp3) is 0.250. The van der Waals surface area contributed by atoms with Crippen LogP contribution in [0.5, 0.6) is 0 Å². The molecule has 1 heterocycles. The molecule has 2 aromatic rings. The molecular weight excluding hydrogens is 254 g/mol. The maximum Gasteiger partial charge on any atom is 0.305 e. The molecule has 1 N–H and O–H groups in total. The molecule has 0 aliphatic heterocycles. The number of nitrogens with zero attached hydrogens (tertiary/aromatic N) is 3. The lowest BCUT2D eigenvalue weighted by atomic mass is 10.1. The first-order valence-corrected chi connectivity index (χ1v) is 5.82. The van der Waals surface area contributed by atoms with E-state index < -0.39 is 5.97 Å². The number of carbonyl (C=O) groups is 1. The van der Waals surface area contributed by atoms with Gasteiger partial charge in [0.2, 0.25) is 0 Å². The van der Waals surface area contributed by atoms with Crippen LogP contribution in [-0.4, -0.2) is 26.1 Å². The van der Waals surface area contributed by atoms with Crippen molar-refractivity contribution >= 4 is 17.6 Å². The van der Waals surface area contributed by atoms with Gasteiger partial charge in [-0.05, 0) is 24.6 Å². The summed E-state index contributed by atoms with van der Waals surface area (Å²) in [5, 5.41) is 17.2. The minimum Gasteiger partial charge on any atom is -0.481 e. The van der Waals surface area contributed by atoms with Crippen molar-refractivity contribution in [2.45, 2.75) is 19.9 Å². The van der Waals surface area contributed by atoms with E-state index in [1.807, 2.05) is 19.1 Å². The van der Waals surface area contributed by atoms with Gasteiger partial charge >= 0.3 is 5.97 Å². The Hall–Kier alpha value is -1.88. The maximum atomic E-state index is 10.5. The minimum absolute atomic E-state index is 0.0302. The summed E-state index contributed by atoms with van der Waals surface area (Å²) in [6.45, 7) is 2.26. The molecule has 0 aliphatic carbocycles. The topological polar surface area (TPSA) is 68.0 Å². The normalized spacial score (nSPS) is 10.6. The Labute approximate surface area is 109 Å². The van der Waals surface area contributed by atoms with Crippen LogP contribution in [0.4, 0.5) is 0 Å². The van der Waals surface area contributed by atoms with Gasteiger partial charge in [0.15, 0.2) is 0 Å². The van der Waals surface area contributed by atoms with Gasteiger partial charge in [0, 0.05) is 10.6 Å². The van der Waals surface area contributed by atoms with Crippen molar-refractivity contribution < 1.29 is 9.90 Å². The van der Waals surface area contributed by atoms with E-state index in [4.69, 9.17) is 16.7 Å². The van der Waals surface area contributed by atoms with Crippen molar-refractivity contribution in [2.24, 2.45) is 0 Å². The van der Waals surface area contributed by atoms with Gasteiger partial charge in [0.05, 0.1) is 19.2 Å². The molecule has 0 radical (unpaired) electrons. The van der Waals surface area contributed by atoms with Crippen LogP contribution in [0.3, 0.4) is 0 Å². The van der Waals surface area contributed by atoms with Gasteiger partial charge in [-0.3, -0.25) is 9.48 Å². The molecule has 94 valence electrons. The Balaban J connectivity index is 2.21. The van der Waals surface area contributed by atoms with E-state index in [-0.39, 0.29) is 6.42 Å². The molecule has 0 unspecified atom stereocenters. The van der Waals surface area contributed by atoms with Gasteiger partial charge in [-0.1, -0.05) is 22.9 Å². The standard InChI is InChI=1S/C12H12ClN3O2/c1-8-6-9(13)2-3-10(8)11-7-16(15-14-11)5-4-12(17)18/h2-3,6-7H,4-5H2,1H3,(H,17,18). The molecule has 0 saturated heterocycles. The lowest BCUT2D eigenvalue weighted by molar-refractivity contribution is -0.137. The van der Waals surface area contributed by atoms with Crippen LogP contribution in [0.2, 0.25) is 5.02 Å². The van der Waals surface area contributed by atoms with Gasteiger partial charge in [-0.2, -0.15) is 0 Å². The molecule has 0 atom stereocenters. The molecule has 18 heavy (non-hydrogen) atoms. The summed E-state index contributed by atoms with van der Waals surface area (Å²) in [7, 11) is 0. The summed E-state index contributed by atoms with van der Waals surface area (Å²) in [5.74, 6) is -0.852. The number of halogens is 1. The second-order valence-corrected chi connectivity index (χ2v) is 4.41. The summed E-state index contributed by atoms with van der Waals surface area (Å²) < 4.78 is 1.53. The monoisotopic (exact) mass is 265 g/mol. The SMILES string of the molecule is Cc1cc(Cl)ccc1-c1cn(CCC(=O)O)nn1. The van der Waals surface area contributed by atoms with E-state index >= 15 is 0 Å². The van der Waals surface area contributed by atoms with E-state index in [0.29, 0.717) is 11.6 Å². The first-order chi connectivity index (χ1) is 8.56. The lowest BCUT2D eigenvalue weighted by Crippen LogP contribution is -2.04. The molecule has 6 heteroatoms. The number of aromatic nitrogens is 3. The third kappa shape index (κ3) is 2.87. The van der Waals surface area contributed by atoms with E-state index in [2.05, 4.69) is 10.3 Å². The fourth-order valence-corrected chi connectivity index (χ4v) is 1.88. The highest BCUT2D eigenvalue weighted by molar-refractivity contribution is 6.30. The van der Waals surface area contributed by atoms with Crippen LogP contribution >= 0.6 is 11.6 Å². The summed E-state index contributed by atoms with van der Waals surface area (Å²) in [6.07, 6.45) is 1.77. The zero-order valence-corrected chi connectivity index (χ0v) is 10.6. The van der Waals surface area contributed by atoms with E-state index in [1.165, 1.54) is 4.68 Å². The maximum absolute atomic E-state index is 10.5. The third-order valence-electron chi connectivity index (χ3n) is 2.56. The second-order valence-electron chi connectivity index (χ2n) is 3.97. The van der Waals surface area contributed by atoms with Crippen molar-refractivity contribution in [1.29, 1.82) is 0 Å². The van der Waals surface area contributed by atoms with Crippen molar-refractivity contribution in [3.05, 3.63) is 35.0 Å². The van der Waals surface area contributed by atoms with Crippen molar-refractivity contribution in [3.63, 3.8) is 0 Å². The van der Waals surface area contributed by atoms with Crippen LogP contribution in [0.15, 0.2) is 24.4 Å². The number of benzene rings is 1. The number of rotatable bonds is 4. The van der Waals surface area contributed by atoms with Gasteiger partial charge in [0.1, 0.15) is 5.69 Å². The Kier molecular flexibility index (Phi) is 3.62. The fourth-order valence-electron chi connectivity index (χ4n) is 1.66. The molecule has 1 aromatic heterocycles. The minimum atomic E-state index is -0.852. The Morgan fingerprint density at radius 1 is 1.50 bits per heavy atom. The zero-order chi connectivity index (χ0) is 13.1. The summed E-state index contributed by atoms with van der Waals surface area (Å²) in [5.41, 5.74) is 2.67. The second kappa shape index (κ2) is 5.18. The van der Waals surface area contributed by atoms with Gasteiger partial charge < -0.3 is 5.11 Å². The van der Waals surface area contributed by atoms with Crippen LogP contribution in [0.25, 0.3) is 11.3 Å². The van der Waals surface area contributed by atoms with E-state index in [9.17, 15) is 4.79 Å². The average Bonchev–Trinajstić information content (AvgIpc) is 2.75. The zero-order valence-electron chi connectivity index (χ0n) is 9.80. The van der Waals surface area contributed by atoms with Crippen LogP contribution in [-0.2, 0) is 11.3 Å². The third-order valence-corrected chi connectivity index (χ3v) is 2.79. The average molecular weight is 266 g/mol. The van der Waals surface area contributed by atoms with Gasteiger partial charge in [0.25, 0.3) is 0 Å². The Morgan fingerprint density at radius 2 is 2.28 bits per heavy atom. The summed E-state index contributed by atoms with van der Waals surface area (Å²) >= 11 is 5.89. The van der Waals surface area contributed by atoms with Crippen LogP contribution in [0.1, 0.15) is 12.0 Å². The molecule has 5 nitrogen and oxygen atoms in total. The number of aryl methyl sites for hydroxylation is 2. The number of carboxylic acid groups (broad SMARTS) is 1. The number of carboxylic acids is 1. The van der Waals surface area contributed by atoms with E-state index in [1.54, 1.807) is 12.3 Å². The van der Waals surface area contributed by atoms with E-state index in [0.717, 1.165) is 16.8 Å². The Morgan fingerprint density at radius 3 is 2.94 bits per heavy atom. The first kappa shape index (κ1) is 12.6. The van der Waals surface area contributed by atoms with Crippen molar-refractivity contribution in [3.8, 4) is 11.3 Å². The van der Waals surface area contributed by atoms with Gasteiger partial charge in [-0.15, -0.1) is 5.10 Å². The molecular formula is C12H12ClN3O2. The Bertz CT molecular complexity index is 580. The quantitative estimate of drug-likeness (QED) is 0.922. The molecule has 0 fully saturated rings. The number of hydrogen-bond donors (Lipinski definition) is 1. The molecule has 0 spiro atoms. The number of hydrogen-bond acceptors (Lipinski definition) is 3. The summed E-state index contributed by atoms with van der Waals surface area (Å²) in [4.78, 5) is 10.5. The summed E-state index contributed by atoms with van der Waals surface area (Å²) in [6, 6.07) is 5.52. The number of aliphatic carboxylic acids is 1. The highest BCUT2D eigenvalue weighted by atomic mass is 35.5. The molecule has 0 aliphatic rings. The predicted molar refractivity (Wildman–Crippen MR) is 67.5 cm³/mol. The highest BCUT2D eigenvalue weighted by Crippen LogP contribution is 2.23. The molecule has 1 aromatic carbocycles. The van der Waals surface area contributed by atoms with Crippen molar-refractivity contribution in [1.82, 2.24) is 15.0 Å². The molecule has 0 amide bonds. The van der Waals surface area contributed by atoms with Gasteiger partial charge in [-0.25, -0.2) is 0 Å². The van der Waals surface area contributed by atoms with Crippen LogP contribution in [0, 0.1) is 6.92 Å². The van der Waals surface area contributed by atoms with Crippen molar-refractivity contribution in [2.75, 3.05) is 0 Å². The highest BCUT2D eigenvalue weighted by Gasteiger charge is 2.08. The smallest absolute Gasteiger partial charge is 0.305 e. The van der Waals surface area contributed by atoms with Crippen LogP contribution < -0.4 is 0 Å².